The molecule has 2 saturated carbocycles. The second-order valence-electron chi connectivity index (χ2n) is 18.3. The van der Waals surface area contributed by atoms with Crippen LogP contribution < -0.4 is 22.1 Å². The quantitative estimate of drug-likeness (QED) is 0.112. The molecule has 336 valence electrons. The first-order valence-electron chi connectivity index (χ1n) is 22.7. The van der Waals surface area contributed by atoms with E-state index < -0.39 is 34.6 Å². The lowest BCUT2D eigenvalue weighted by Crippen LogP contribution is -2.66. The molecular weight excluding hydrogens is 813 g/mol. The van der Waals surface area contributed by atoms with Crippen molar-refractivity contribution in [3.05, 3.63) is 130 Å². The lowest BCUT2D eigenvalue weighted by molar-refractivity contribution is -0.306. The Morgan fingerprint density at radius 1 is 0.594 bits per heavy atom. The molecule has 64 heavy (non-hydrogen) atoms. The van der Waals surface area contributed by atoms with Crippen LogP contribution in [0.15, 0.2) is 97.1 Å². The van der Waals surface area contributed by atoms with E-state index in [1.165, 1.54) is 11.1 Å². The number of amides is 4. The fourth-order valence-electron chi connectivity index (χ4n) is 10.2. The van der Waals surface area contributed by atoms with E-state index in [-0.39, 0.29) is 48.9 Å². The SMILES string of the molecule is NCc1cccc(C2CCN(C(=O)c3cccc(NC(=O)[C@@]4(C5(O)CCC5)OC5(CCC5)[C@](O)(C(=O)Nc5cccc(C(=O)N6CCC(c7cccc(CN)c7)CC6)c5)O4)c3)CC2)c1. The number of rotatable bonds is 11. The van der Waals surface area contributed by atoms with Crippen LogP contribution in [-0.2, 0) is 32.2 Å². The van der Waals surface area contributed by atoms with Gasteiger partial charge < -0.3 is 46.9 Å². The van der Waals surface area contributed by atoms with Gasteiger partial charge in [-0.05, 0) is 135 Å². The standard InChI is InChI=1S/C50H58N6O8/c51-31-33-7-1-9-37(27-33)35-15-23-55(24-16-35)43(57)39-11-3-13-41(29-39)53-45(59)49(62)48(21-6-22-48)63-50(64-49,47(61)19-5-20-47)46(60)54-42-14-4-12-40(30-42)44(58)56-25-17-36(18-26-56)38-10-2-8-34(28-38)32-52/h1-4,7-14,27-30,35-36,61-62H,5-6,15-26,31-32,51-52H2,(H,53,59)(H,54,60)/t49-,50+/m0/s1. The van der Waals surface area contributed by atoms with Crippen LogP contribution in [0.4, 0.5) is 11.4 Å². The molecule has 5 aliphatic rings. The zero-order valence-electron chi connectivity index (χ0n) is 36.1. The molecule has 3 heterocycles. The number of nitrogens with two attached hydrogens (primary N) is 2. The smallest absolute Gasteiger partial charge is 0.288 e. The van der Waals surface area contributed by atoms with Crippen LogP contribution in [0.1, 0.15) is 119 Å². The molecule has 0 unspecified atom stereocenters. The Kier molecular flexibility index (Phi) is 12.0. The van der Waals surface area contributed by atoms with Crippen molar-refractivity contribution < 1.29 is 38.9 Å². The Bertz CT molecular complexity index is 2420. The van der Waals surface area contributed by atoms with Crippen LogP contribution in [0.2, 0.25) is 0 Å². The average Bonchev–Trinajstić information content (AvgIpc) is 3.63. The molecule has 4 aromatic carbocycles. The normalized spacial score (nSPS) is 24.1. The maximum atomic E-state index is 14.6. The van der Waals surface area contributed by atoms with E-state index in [1.54, 1.807) is 53.4 Å². The number of carbonyl (C=O) groups is 4. The molecule has 0 radical (unpaired) electrons. The minimum Gasteiger partial charge on any atom is -0.384 e. The molecule has 3 aliphatic heterocycles. The Morgan fingerprint density at radius 2 is 1.05 bits per heavy atom. The van der Waals surface area contributed by atoms with Crippen molar-refractivity contribution in [3.8, 4) is 0 Å². The Hall–Kier alpha value is -5.48. The van der Waals surface area contributed by atoms with Crippen LogP contribution in [0.3, 0.4) is 0 Å². The summed E-state index contributed by atoms with van der Waals surface area (Å²) in [5.41, 5.74) is 14.1. The van der Waals surface area contributed by atoms with Gasteiger partial charge in [-0.2, -0.15) is 0 Å². The van der Waals surface area contributed by atoms with Crippen LogP contribution in [-0.4, -0.2) is 92.6 Å². The fourth-order valence-corrected chi connectivity index (χ4v) is 10.2. The highest BCUT2D eigenvalue weighted by molar-refractivity contribution is 6.03. The summed E-state index contributed by atoms with van der Waals surface area (Å²) >= 11 is 0. The monoisotopic (exact) mass is 870 g/mol. The lowest BCUT2D eigenvalue weighted by atomic mass is 9.72. The molecule has 2 aliphatic carbocycles. The molecule has 0 aromatic heterocycles. The highest BCUT2D eigenvalue weighted by Gasteiger charge is 2.79. The first kappa shape index (κ1) is 43.8. The van der Waals surface area contributed by atoms with E-state index in [0.717, 1.165) is 36.8 Å². The summed E-state index contributed by atoms with van der Waals surface area (Å²) in [6.07, 6.45) is 4.99. The number of nitrogens with zero attached hydrogens (tertiary/aromatic N) is 2. The van der Waals surface area contributed by atoms with E-state index in [0.29, 0.717) is 75.1 Å². The largest absolute Gasteiger partial charge is 0.384 e. The molecule has 8 N–H and O–H groups in total. The number of piperidine rings is 2. The second kappa shape index (κ2) is 17.5. The molecule has 2 atom stereocenters. The highest BCUT2D eigenvalue weighted by Crippen LogP contribution is 2.60. The first-order valence-corrected chi connectivity index (χ1v) is 22.7. The third-order valence-corrected chi connectivity index (χ3v) is 14.4. The van der Waals surface area contributed by atoms with Gasteiger partial charge >= 0.3 is 0 Å². The van der Waals surface area contributed by atoms with Crippen molar-refractivity contribution in [1.29, 1.82) is 0 Å². The Labute approximate surface area is 373 Å². The molecule has 9 rings (SSSR count). The maximum absolute atomic E-state index is 14.6. The summed E-state index contributed by atoms with van der Waals surface area (Å²) in [7, 11) is 0. The van der Waals surface area contributed by atoms with Gasteiger partial charge in [-0.25, -0.2) is 0 Å². The van der Waals surface area contributed by atoms with Crippen LogP contribution >= 0.6 is 0 Å². The van der Waals surface area contributed by atoms with Gasteiger partial charge in [0.15, 0.2) is 0 Å². The molecule has 4 amide bonds. The third kappa shape index (κ3) is 7.90. The van der Waals surface area contributed by atoms with Gasteiger partial charge in [-0.3, -0.25) is 23.9 Å². The number of hydrogen-bond donors (Lipinski definition) is 6. The number of likely N-dealkylation sites (tertiary alicyclic amines) is 2. The molecule has 0 bridgehead atoms. The summed E-state index contributed by atoms with van der Waals surface area (Å²) in [4.78, 5) is 60.0. The zero-order valence-corrected chi connectivity index (χ0v) is 36.1. The molecule has 3 saturated heterocycles. The van der Waals surface area contributed by atoms with E-state index in [4.69, 9.17) is 20.9 Å². The van der Waals surface area contributed by atoms with Crippen LogP contribution in [0, 0.1) is 0 Å². The second-order valence-corrected chi connectivity index (χ2v) is 18.3. The van der Waals surface area contributed by atoms with Gasteiger partial charge in [0.2, 0.25) is 0 Å². The summed E-state index contributed by atoms with van der Waals surface area (Å²) in [5.74, 6) is -6.75. The fraction of sp³-hybridized carbons (Fsp3) is 0.440. The summed E-state index contributed by atoms with van der Waals surface area (Å²) in [6.45, 7) is 3.22. The van der Waals surface area contributed by atoms with Gasteiger partial charge in [0.1, 0.15) is 11.2 Å². The highest BCUT2D eigenvalue weighted by atomic mass is 16.8. The maximum Gasteiger partial charge on any atom is 0.288 e. The zero-order chi connectivity index (χ0) is 44.7. The summed E-state index contributed by atoms with van der Waals surface area (Å²) in [5, 5.41) is 29.8. The topological polar surface area (TPSA) is 210 Å². The van der Waals surface area contributed by atoms with E-state index >= 15 is 0 Å². The number of ether oxygens (including phenoxy) is 2. The predicted molar refractivity (Wildman–Crippen MR) is 240 cm³/mol. The van der Waals surface area contributed by atoms with E-state index in [9.17, 15) is 29.4 Å². The van der Waals surface area contributed by atoms with Crippen molar-refractivity contribution >= 4 is 35.0 Å². The number of carbonyl (C=O) groups excluding carboxylic acids is 4. The van der Waals surface area contributed by atoms with Gasteiger partial charge in [0.05, 0.1) is 0 Å². The van der Waals surface area contributed by atoms with Gasteiger partial charge in [-0.1, -0.05) is 60.7 Å². The molecule has 4 aromatic rings. The third-order valence-electron chi connectivity index (χ3n) is 14.4. The first-order chi connectivity index (χ1) is 30.9. The molecule has 5 fully saturated rings. The van der Waals surface area contributed by atoms with Gasteiger partial charge in [0.25, 0.3) is 35.2 Å². The molecule has 1 spiro atoms. The van der Waals surface area contributed by atoms with Crippen molar-refractivity contribution in [2.75, 3.05) is 36.8 Å². The number of aliphatic hydroxyl groups is 2. The summed E-state index contributed by atoms with van der Waals surface area (Å²) in [6, 6.07) is 29.6. The number of benzene rings is 4. The molecular formula is C50H58N6O8. The number of hydrogen-bond acceptors (Lipinski definition) is 10. The minimum absolute atomic E-state index is 0.126. The van der Waals surface area contributed by atoms with Crippen molar-refractivity contribution in [3.63, 3.8) is 0 Å². The van der Waals surface area contributed by atoms with Gasteiger partial charge in [0, 0.05) is 61.8 Å². The van der Waals surface area contributed by atoms with E-state index in [2.05, 4.69) is 34.9 Å². The Morgan fingerprint density at radius 3 is 1.47 bits per heavy atom. The predicted octanol–water partition coefficient (Wildman–Crippen LogP) is 5.49. The average molecular weight is 871 g/mol. The van der Waals surface area contributed by atoms with Gasteiger partial charge in [-0.15, -0.1) is 0 Å². The lowest BCUT2D eigenvalue weighted by Gasteiger charge is -2.48. The summed E-state index contributed by atoms with van der Waals surface area (Å²) < 4.78 is 12.7. The molecule has 14 nitrogen and oxygen atoms in total. The van der Waals surface area contributed by atoms with Crippen LogP contribution in [0.25, 0.3) is 0 Å². The van der Waals surface area contributed by atoms with E-state index in [1.807, 2.05) is 29.2 Å². The van der Waals surface area contributed by atoms with Crippen molar-refractivity contribution in [2.45, 2.75) is 112 Å². The number of anilines is 2. The molecule has 14 heteroatoms. The number of nitrogens with one attached hydrogen (secondary N) is 2. The van der Waals surface area contributed by atoms with Crippen molar-refractivity contribution in [1.82, 2.24) is 9.80 Å². The minimum atomic E-state index is -2.69. The van der Waals surface area contributed by atoms with Crippen LogP contribution in [0.5, 0.6) is 0 Å². The van der Waals surface area contributed by atoms with Crippen molar-refractivity contribution in [2.24, 2.45) is 11.5 Å². The Balaban J connectivity index is 0.879.